The van der Waals surface area contributed by atoms with E-state index in [9.17, 15) is 10.1 Å². The molecular formula is C21H22N2O3. The number of hydrogen-bond acceptors (Lipinski definition) is 5. The zero-order valence-corrected chi connectivity index (χ0v) is 14.9. The summed E-state index contributed by atoms with van der Waals surface area (Å²) in [5.41, 5.74) is 1.90. The predicted molar refractivity (Wildman–Crippen MR) is 98.9 cm³/mol. The van der Waals surface area contributed by atoms with Crippen LogP contribution in [0.3, 0.4) is 0 Å². The van der Waals surface area contributed by atoms with Gasteiger partial charge in [0.2, 0.25) is 0 Å². The first-order valence-electron chi connectivity index (χ1n) is 9.10. The van der Waals surface area contributed by atoms with Gasteiger partial charge in [0.15, 0.2) is 0 Å². The third kappa shape index (κ3) is 2.91. The van der Waals surface area contributed by atoms with Crippen molar-refractivity contribution in [3.63, 3.8) is 0 Å². The number of fused-ring (bicyclic) bond motifs is 3. The quantitative estimate of drug-likeness (QED) is 0.791. The van der Waals surface area contributed by atoms with Crippen LogP contribution in [0.25, 0.3) is 10.8 Å². The summed E-state index contributed by atoms with van der Waals surface area (Å²) >= 11 is 0. The summed E-state index contributed by atoms with van der Waals surface area (Å²) in [6.45, 7) is 0.00973. The summed E-state index contributed by atoms with van der Waals surface area (Å²) in [7, 11) is 1.50. The van der Waals surface area contributed by atoms with Crippen molar-refractivity contribution in [1.29, 1.82) is 5.26 Å². The number of hydrogen-bond donors (Lipinski definition) is 0. The largest absolute Gasteiger partial charge is 0.461 e. The summed E-state index contributed by atoms with van der Waals surface area (Å²) in [5.74, 6) is -0.283. The molecule has 0 aromatic heterocycles. The van der Waals surface area contributed by atoms with E-state index in [-0.39, 0.29) is 18.7 Å². The zero-order valence-electron chi connectivity index (χ0n) is 14.9. The van der Waals surface area contributed by atoms with Crippen LogP contribution in [0.2, 0.25) is 0 Å². The number of anilines is 1. The molecule has 2 aromatic rings. The van der Waals surface area contributed by atoms with Gasteiger partial charge in [0.05, 0.1) is 11.6 Å². The van der Waals surface area contributed by atoms with Crippen LogP contribution < -0.4 is 4.90 Å². The fraction of sp³-hybridized carbons (Fsp3) is 0.429. The van der Waals surface area contributed by atoms with Gasteiger partial charge in [-0.05, 0) is 25.0 Å². The average molecular weight is 350 g/mol. The minimum absolute atomic E-state index is 0.00973. The van der Waals surface area contributed by atoms with Crippen molar-refractivity contribution in [3.8, 4) is 6.07 Å². The average Bonchev–Trinajstić information content (AvgIpc) is 2.91. The van der Waals surface area contributed by atoms with Crippen molar-refractivity contribution in [2.24, 2.45) is 0 Å². The van der Waals surface area contributed by atoms with Gasteiger partial charge in [-0.3, -0.25) is 0 Å². The van der Waals surface area contributed by atoms with E-state index in [2.05, 4.69) is 23.1 Å². The number of benzene rings is 2. The van der Waals surface area contributed by atoms with Gasteiger partial charge in [0.25, 0.3) is 0 Å². The maximum atomic E-state index is 11.8. The Bertz CT molecular complexity index is 859. The molecule has 0 spiro atoms. The molecule has 2 bridgehead atoms. The van der Waals surface area contributed by atoms with Crippen LogP contribution in [0, 0.1) is 11.3 Å². The first kappa shape index (κ1) is 16.9. The van der Waals surface area contributed by atoms with E-state index in [4.69, 9.17) is 9.47 Å². The Labute approximate surface area is 153 Å². The zero-order chi connectivity index (χ0) is 18.1. The molecule has 0 aliphatic carbocycles. The van der Waals surface area contributed by atoms with Gasteiger partial charge in [0.1, 0.15) is 12.7 Å². The van der Waals surface area contributed by atoms with Crippen LogP contribution in [0.15, 0.2) is 36.4 Å². The number of nitrogens with zero attached hydrogens (tertiary/aromatic N) is 2. The monoisotopic (exact) mass is 350 g/mol. The van der Waals surface area contributed by atoms with Crippen LogP contribution in [-0.4, -0.2) is 37.9 Å². The van der Waals surface area contributed by atoms with Gasteiger partial charge in [0, 0.05) is 48.5 Å². The highest BCUT2D eigenvalue weighted by Crippen LogP contribution is 2.43. The Morgan fingerprint density at radius 1 is 1.15 bits per heavy atom. The Kier molecular flexibility index (Phi) is 4.52. The number of esters is 1. The third-order valence-electron chi connectivity index (χ3n) is 5.55. The Hall–Kier alpha value is -2.58. The lowest BCUT2D eigenvalue weighted by Gasteiger charge is -2.40. The minimum Gasteiger partial charge on any atom is -0.461 e. The smallest absolute Gasteiger partial charge is 0.332 e. The molecule has 4 rings (SSSR count). The standard InChI is InChI=1S/C21H22N2O3/c1-25-13-21(24)26-17-10-15-7-8-16(11-17)23(15)20-9-6-14(12-22)18-4-2-3-5-19(18)20/h2-6,9,15-17H,7-8,10-11,13H2,1H3. The second-order valence-corrected chi connectivity index (χ2v) is 7.10. The normalized spacial score (nSPS) is 24.5. The fourth-order valence-electron chi connectivity index (χ4n) is 4.56. The van der Waals surface area contributed by atoms with E-state index >= 15 is 0 Å². The summed E-state index contributed by atoms with van der Waals surface area (Å²) < 4.78 is 10.5. The predicted octanol–water partition coefficient (Wildman–Crippen LogP) is 3.40. The van der Waals surface area contributed by atoms with Crippen LogP contribution in [0.4, 0.5) is 5.69 Å². The molecule has 26 heavy (non-hydrogen) atoms. The fourth-order valence-corrected chi connectivity index (χ4v) is 4.56. The molecule has 0 N–H and O–H groups in total. The van der Waals surface area contributed by atoms with E-state index < -0.39 is 0 Å². The molecule has 5 nitrogen and oxygen atoms in total. The number of ether oxygens (including phenoxy) is 2. The van der Waals surface area contributed by atoms with Crippen molar-refractivity contribution in [1.82, 2.24) is 0 Å². The van der Waals surface area contributed by atoms with E-state index in [1.54, 1.807) is 0 Å². The molecule has 2 aliphatic rings. The lowest BCUT2D eigenvalue weighted by atomic mass is 9.96. The highest BCUT2D eigenvalue weighted by molar-refractivity contribution is 5.98. The van der Waals surface area contributed by atoms with Crippen molar-refractivity contribution < 1.29 is 14.3 Å². The van der Waals surface area contributed by atoms with Crippen LogP contribution in [-0.2, 0) is 14.3 Å². The number of methoxy groups -OCH3 is 1. The molecule has 2 aliphatic heterocycles. The van der Waals surface area contributed by atoms with E-state index in [0.717, 1.165) is 36.5 Å². The van der Waals surface area contributed by atoms with Crippen molar-refractivity contribution in [2.45, 2.75) is 43.9 Å². The maximum Gasteiger partial charge on any atom is 0.332 e. The number of piperidine rings is 1. The minimum atomic E-state index is -0.283. The summed E-state index contributed by atoms with van der Waals surface area (Å²) in [6, 6.07) is 15.1. The first-order chi connectivity index (χ1) is 12.7. The van der Waals surface area contributed by atoms with E-state index in [0.29, 0.717) is 17.6 Å². The van der Waals surface area contributed by atoms with Gasteiger partial charge < -0.3 is 14.4 Å². The van der Waals surface area contributed by atoms with Crippen molar-refractivity contribution in [2.75, 3.05) is 18.6 Å². The second kappa shape index (κ2) is 6.97. The Morgan fingerprint density at radius 2 is 1.85 bits per heavy atom. The van der Waals surface area contributed by atoms with Crippen LogP contribution >= 0.6 is 0 Å². The SMILES string of the molecule is COCC(=O)OC1CC2CCC(C1)N2c1ccc(C#N)c2ccccc12. The lowest BCUT2D eigenvalue weighted by Crippen LogP contribution is -2.46. The third-order valence-corrected chi connectivity index (χ3v) is 5.55. The van der Waals surface area contributed by atoms with Crippen LogP contribution in [0.1, 0.15) is 31.2 Å². The lowest BCUT2D eigenvalue weighted by molar-refractivity contribution is -0.154. The topological polar surface area (TPSA) is 62.6 Å². The molecule has 5 heteroatoms. The van der Waals surface area contributed by atoms with Gasteiger partial charge in [-0.15, -0.1) is 0 Å². The summed E-state index contributed by atoms with van der Waals surface area (Å²) in [6.07, 6.45) is 3.88. The molecule has 0 amide bonds. The number of nitriles is 1. The van der Waals surface area contributed by atoms with Crippen molar-refractivity contribution >= 4 is 22.4 Å². The Balaban J connectivity index is 1.62. The van der Waals surface area contributed by atoms with E-state index in [1.807, 2.05) is 24.3 Å². The molecule has 134 valence electrons. The van der Waals surface area contributed by atoms with Gasteiger partial charge in [-0.1, -0.05) is 24.3 Å². The first-order valence-corrected chi connectivity index (χ1v) is 9.10. The van der Waals surface area contributed by atoms with E-state index in [1.165, 1.54) is 12.8 Å². The van der Waals surface area contributed by atoms with Crippen molar-refractivity contribution in [3.05, 3.63) is 42.0 Å². The molecule has 2 unspecified atom stereocenters. The Morgan fingerprint density at radius 3 is 2.50 bits per heavy atom. The van der Waals surface area contributed by atoms with Crippen LogP contribution in [0.5, 0.6) is 0 Å². The molecule has 2 atom stereocenters. The molecule has 2 fully saturated rings. The highest BCUT2D eigenvalue weighted by atomic mass is 16.6. The van der Waals surface area contributed by atoms with Gasteiger partial charge in [-0.2, -0.15) is 5.26 Å². The maximum absolute atomic E-state index is 11.8. The van der Waals surface area contributed by atoms with Gasteiger partial charge >= 0.3 is 5.97 Å². The molecule has 2 saturated heterocycles. The summed E-state index contributed by atoms with van der Waals surface area (Å²) in [4.78, 5) is 14.2. The number of carbonyl (C=O) groups excluding carboxylic acids is 1. The number of carbonyl (C=O) groups is 1. The summed E-state index contributed by atoms with van der Waals surface area (Å²) in [5, 5.41) is 11.5. The molecule has 0 radical (unpaired) electrons. The molecule has 2 heterocycles. The second-order valence-electron chi connectivity index (χ2n) is 7.10. The van der Waals surface area contributed by atoms with Gasteiger partial charge in [-0.25, -0.2) is 4.79 Å². The molecular weight excluding hydrogens is 328 g/mol. The molecule has 2 aromatic carbocycles. The number of rotatable bonds is 4. The molecule has 0 saturated carbocycles. The highest BCUT2D eigenvalue weighted by Gasteiger charge is 2.42.